The number of carbonyl (C=O) groups excluding carboxylic acids is 1. The molecular formula is C19H16F2N2O. The summed E-state index contributed by atoms with van der Waals surface area (Å²) in [5, 5.41) is 8.81. The smallest absolute Gasteiger partial charge is 0.253 e. The third kappa shape index (κ3) is 3.13. The fraction of sp³-hybridized carbons (Fsp3) is 0.263. The van der Waals surface area contributed by atoms with Gasteiger partial charge in [0.2, 0.25) is 0 Å². The molecule has 1 saturated heterocycles. The molecule has 2 aromatic rings. The predicted octanol–water partition coefficient (Wildman–Crippen LogP) is 3.80. The molecule has 0 atom stereocenters. The van der Waals surface area contributed by atoms with E-state index < -0.39 is 11.5 Å². The highest BCUT2D eigenvalue weighted by Crippen LogP contribution is 2.37. The van der Waals surface area contributed by atoms with Crippen LogP contribution < -0.4 is 0 Å². The van der Waals surface area contributed by atoms with Crippen molar-refractivity contribution in [3.8, 4) is 6.07 Å². The summed E-state index contributed by atoms with van der Waals surface area (Å²) < 4.78 is 28.1. The molecule has 1 aliphatic heterocycles. The number of hydrogen-bond donors (Lipinski definition) is 0. The number of hydrogen-bond acceptors (Lipinski definition) is 2. The fourth-order valence-electron chi connectivity index (χ4n) is 2.97. The Morgan fingerprint density at radius 2 is 1.62 bits per heavy atom. The third-order valence-corrected chi connectivity index (χ3v) is 4.47. The topological polar surface area (TPSA) is 44.1 Å². The molecule has 0 unspecified atom stereocenters. The first-order valence-electron chi connectivity index (χ1n) is 7.76. The number of nitriles is 1. The number of benzene rings is 2. The van der Waals surface area contributed by atoms with Gasteiger partial charge >= 0.3 is 0 Å². The van der Waals surface area contributed by atoms with Crippen LogP contribution in [0.1, 0.15) is 34.3 Å². The minimum atomic E-state index is -1.49. The van der Waals surface area contributed by atoms with E-state index >= 15 is 4.39 Å². The van der Waals surface area contributed by atoms with Crippen molar-refractivity contribution >= 4 is 5.91 Å². The van der Waals surface area contributed by atoms with Crippen LogP contribution in [0.25, 0.3) is 0 Å². The average Bonchev–Trinajstić information content (AvgIpc) is 2.62. The van der Waals surface area contributed by atoms with E-state index in [1.54, 1.807) is 29.2 Å². The largest absolute Gasteiger partial charge is 0.338 e. The van der Waals surface area contributed by atoms with Crippen LogP contribution in [0, 0.1) is 17.1 Å². The standard InChI is InChI=1S/C19H16F2N2O/c20-17-7-3-15(4-8-17)18(24)23-11-9-19(21,10-12-23)16-5-1-14(13-22)2-6-16/h1-8H,9-12H2. The zero-order chi connectivity index (χ0) is 17.2. The lowest BCUT2D eigenvalue weighted by molar-refractivity contribution is 0.0421. The van der Waals surface area contributed by atoms with Crippen LogP contribution in [0.3, 0.4) is 0 Å². The fourth-order valence-corrected chi connectivity index (χ4v) is 2.97. The van der Waals surface area contributed by atoms with Crippen molar-refractivity contribution in [1.82, 2.24) is 4.90 Å². The van der Waals surface area contributed by atoms with Crippen molar-refractivity contribution in [3.63, 3.8) is 0 Å². The highest BCUT2D eigenvalue weighted by molar-refractivity contribution is 5.94. The van der Waals surface area contributed by atoms with Crippen molar-refractivity contribution < 1.29 is 13.6 Å². The summed E-state index contributed by atoms with van der Waals surface area (Å²) in [7, 11) is 0. The van der Waals surface area contributed by atoms with Gasteiger partial charge in [0.15, 0.2) is 0 Å². The molecule has 1 aliphatic rings. The van der Waals surface area contributed by atoms with E-state index in [0.29, 0.717) is 29.8 Å². The maximum Gasteiger partial charge on any atom is 0.253 e. The lowest BCUT2D eigenvalue weighted by Gasteiger charge is -2.36. The Kier molecular flexibility index (Phi) is 4.30. The Morgan fingerprint density at radius 1 is 1.04 bits per heavy atom. The Balaban J connectivity index is 1.69. The van der Waals surface area contributed by atoms with Crippen molar-refractivity contribution in [1.29, 1.82) is 5.26 Å². The van der Waals surface area contributed by atoms with Crippen LogP contribution >= 0.6 is 0 Å². The molecule has 2 aromatic carbocycles. The van der Waals surface area contributed by atoms with Gasteiger partial charge < -0.3 is 4.90 Å². The van der Waals surface area contributed by atoms with Crippen LogP contribution in [0.5, 0.6) is 0 Å². The van der Waals surface area contributed by atoms with E-state index in [-0.39, 0.29) is 18.7 Å². The van der Waals surface area contributed by atoms with Crippen LogP contribution in [-0.2, 0) is 5.67 Å². The van der Waals surface area contributed by atoms with Crippen molar-refractivity contribution in [2.45, 2.75) is 18.5 Å². The Morgan fingerprint density at radius 3 is 2.17 bits per heavy atom. The molecule has 0 N–H and O–H groups in total. The van der Waals surface area contributed by atoms with Crippen LogP contribution in [-0.4, -0.2) is 23.9 Å². The molecule has 0 aliphatic carbocycles. The molecule has 1 fully saturated rings. The zero-order valence-electron chi connectivity index (χ0n) is 13.0. The van der Waals surface area contributed by atoms with E-state index in [1.165, 1.54) is 24.3 Å². The van der Waals surface area contributed by atoms with Crippen molar-refractivity contribution in [3.05, 3.63) is 71.0 Å². The van der Waals surface area contributed by atoms with E-state index in [9.17, 15) is 9.18 Å². The Labute approximate surface area is 139 Å². The van der Waals surface area contributed by atoms with Gasteiger partial charge in [0, 0.05) is 31.5 Å². The van der Waals surface area contributed by atoms with E-state index in [2.05, 4.69) is 0 Å². The van der Waals surface area contributed by atoms with Gasteiger partial charge in [-0.15, -0.1) is 0 Å². The number of carbonyl (C=O) groups is 1. The predicted molar refractivity (Wildman–Crippen MR) is 85.5 cm³/mol. The SMILES string of the molecule is N#Cc1ccc(C2(F)CCN(C(=O)c3ccc(F)cc3)CC2)cc1. The number of likely N-dealkylation sites (tertiary alicyclic amines) is 1. The summed E-state index contributed by atoms with van der Waals surface area (Å²) in [6.45, 7) is 0.597. The first-order valence-corrected chi connectivity index (χ1v) is 7.76. The van der Waals surface area contributed by atoms with Gasteiger partial charge in [-0.3, -0.25) is 4.79 Å². The highest BCUT2D eigenvalue weighted by atomic mass is 19.1. The van der Waals surface area contributed by atoms with Gasteiger partial charge in [-0.25, -0.2) is 8.78 Å². The third-order valence-electron chi connectivity index (χ3n) is 4.47. The van der Waals surface area contributed by atoms with Crippen molar-refractivity contribution in [2.75, 3.05) is 13.1 Å². The van der Waals surface area contributed by atoms with Crippen LogP contribution in [0.15, 0.2) is 48.5 Å². The molecule has 3 rings (SSSR count). The number of amides is 1. The summed E-state index contributed by atoms with van der Waals surface area (Å²) in [5.74, 6) is -0.606. The second-order valence-corrected chi connectivity index (χ2v) is 5.95. The zero-order valence-corrected chi connectivity index (χ0v) is 13.0. The van der Waals surface area contributed by atoms with Crippen LogP contribution in [0.4, 0.5) is 8.78 Å². The maximum atomic E-state index is 15.2. The second-order valence-electron chi connectivity index (χ2n) is 5.95. The molecule has 0 bridgehead atoms. The molecule has 122 valence electrons. The summed E-state index contributed by atoms with van der Waals surface area (Å²) in [6, 6.07) is 13.9. The van der Waals surface area contributed by atoms with E-state index in [0.717, 1.165) is 0 Å². The summed E-state index contributed by atoms with van der Waals surface area (Å²) in [4.78, 5) is 14.0. The molecule has 1 heterocycles. The maximum absolute atomic E-state index is 15.2. The first-order chi connectivity index (χ1) is 11.5. The molecule has 0 radical (unpaired) electrons. The van der Waals surface area contributed by atoms with Gasteiger partial charge in [0.1, 0.15) is 11.5 Å². The average molecular weight is 326 g/mol. The van der Waals surface area contributed by atoms with Gasteiger partial charge in [-0.05, 0) is 42.0 Å². The highest BCUT2D eigenvalue weighted by Gasteiger charge is 2.37. The van der Waals surface area contributed by atoms with Gasteiger partial charge in [-0.1, -0.05) is 12.1 Å². The van der Waals surface area contributed by atoms with Gasteiger partial charge in [0.05, 0.1) is 11.6 Å². The van der Waals surface area contributed by atoms with Crippen LogP contribution in [0.2, 0.25) is 0 Å². The van der Waals surface area contributed by atoms with Gasteiger partial charge in [-0.2, -0.15) is 5.26 Å². The molecule has 0 aromatic heterocycles. The minimum Gasteiger partial charge on any atom is -0.338 e. The van der Waals surface area contributed by atoms with E-state index in [4.69, 9.17) is 5.26 Å². The van der Waals surface area contributed by atoms with Crippen molar-refractivity contribution in [2.24, 2.45) is 0 Å². The molecular weight excluding hydrogens is 310 g/mol. The number of rotatable bonds is 2. The monoisotopic (exact) mass is 326 g/mol. The van der Waals surface area contributed by atoms with E-state index in [1.807, 2.05) is 6.07 Å². The number of nitrogens with zero attached hydrogens (tertiary/aromatic N) is 2. The lowest BCUT2D eigenvalue weighted by Crippen LogP contribution is -2.43. The normalized spacial score (nSPS) is 16.5. The number of piperidine rings is 1. The summed E-state index contributed by atoms with van der Waals surface area (Å²) in [5.41, 5.74) is -0.0594. The Bertz CT molecular complexity index is 771. The first kappa shape index (κ1) is 16.1. The molecule has 1 amide bonds. The quantitative estimate of drug-likeness (QED) is 0.842. The molecule has 0 saturated carbocycles. The summed E-state index contributed by atoms with van der Waals surface area (Å²) in [6.07, 6.45) is 0.400. The molecule has 3 nitrogen and oxygen atoms in total. The lowest BCUT2D eigenvalue weighted by atomic mass is 9.85. The Hall–Kier alpha value is -2.74. The van der Waals surface area contributed by atoms with Gasteiger partial charge in [0.25, 0.3) is 5.91 Å². The minimum absolute atomic E-state index is 0.200. The molecule has 24 heavy (non-hydrogen) atoms. The molecule has 5 heteroatoms. The number of alkyl halides is 1. The summed E-state index contributed by atoms with van der Waals surface area (Å²) >= 11 is 0. The number of halogens is 2. The molecule has 0 spiro atoms. The second kappa shape index (κ2) is 6.40.